The predicted molar refractivity (Wildman–Crippen MR) is 102 cm³/mol. The van der Waals surface area contributed by atoms with Gasteiger partial charge in [-0.15, -0.1) is 11.8 Å². The molecule has 8 nitrogen and oxygen atoms in total. The zero-order valence-electron chi connectivity index (χ0n) is 14.7. The van der Waals surface area contributed by atoms with Gasteiger partial charge in [-0.3, -0.25) is 14.6 Å². The molecule has 0 fully saturated rings. The van der Waals surface area contributed by atoms with Gasteiger partial charge in [-0.2, -0.15) is 5.10 Å². The molecule has 0 aliphatic carbocycles. The van der Waals surface area contributed by atoms with Crippen molar-refractivity contribution in [2.75, 3.05) is 18.3 Å². The number of aromatic amines is 1. The number of ether oxygens (including phenoxy) is 1. The molecule has 26 heavy (non-hydrogen) atoms. The van der Waals surface area contributed by atoms with Gasteiger partial charge in [-0.05, 0) is 37.6 Å². The van der Waals surface area contributed by atoms with Crippen LogP contribution in [0.3, 0.4) is 0 Å². The van der Waals surface area contributed by atoms with Gasteiger partial charge < -0.3 is 9.84 Å². The Balaban J connectivity index is 2.17. The number of rotatable bonds is 8. The van der Waals surface area contributed by atoms with E-state index in [9.17, 15) is 9.59 Å². The standard InChI is InChI=1S/C17H20N4O4S/c1-10-6-15(22)19-17(18-10)21-20-11(2)12-4-5-14(25-3)13(7-12)8-26-9-16(23)24/h4-7H,8-9H2,1-3H3,(H,23,24)(H2,18,19,21,22)/b20-11-. The number of nitrogens with one attached hydrogen (secondary N) is 2. The first-order chi connectivity index (χ1) is 12.4. The molecule has 2 rings (SSSR count). The maximum atomic E-state index is 11.4. The van der Waals surface area contributed by atoms with E-state index in [4.69, 9.17) is 9.84 Å². The number of hydrogen-bond acceptors (Lipinski definition) is 7. The molecular weight excluding hydrogens is 356 g/mol. The molecule has 0 amide bonds. The molecule has 0 radical (unpaired) electrons. The fourth-order valence-electron chi connectivity index (χ4n) is 2.20. The molecule has 0 atom stereocenters. The Hall–Kier alpha value is -2.81. The van der Waals surface area contributed by atoms with Crippen molar-refractivity contribution in [3.8, 4) is 5.75 Å². The summed E-state index contributed by atoms with van der Waals surface area (Å²) in [6.07, 6.45) is 0. The maximum absolute atomic E-state index is 11.4. The number of methoxy groups -OCH3 is 1. The molecule has 0 spiro atoms. The summed E-state index contributed by atoms with van der Waals surface area (Å²) in [7, 11) is 1.57. The van der Waals surface area contributed by atoms with Gasteiger partial charge >= 0.3 is 5.97 Å². The molecule has 0 saturated heterocycles. The molecular formula is C17H20N4O4S. The molecule has 1 aromatic heterocycles. The fraction of sp³-hybridized carbons (Fsp3) is 0.294. The van der Waals surface area contributed by atoms with Crippen LogP contribution in [0.5, 0.6) is 5.75 Å². The Bertz CT molecular complexity index is 879. The lowest BCUT2D eigenvalue weighted by Crippen LogP contribution is -2.11. The van der Waals surface area contributed by atoms with Crippen LogP contribution in [-0.2, 0) is 10.5 Å². The smallest absolute Gasteiger partial charge is 0.313 e. The summed E-state index contributed by atoms with van der Waals surface area (Å²) in [6.45, 7) is 3.54. The van der Waals surface area contributed by atoms with Gasteiger partial charge in [0.2, 0.25) is 5.95 Å². The number of anilines is 1. The van der Waals surface area contributed by atoms with E-state index in [1.165, 1.54) is 17.8 Å². The van der Waals surface area contributed by atoms with Crippen molar-refractivity contribution >= 4 is 29.4 Å². The van der Waals surface area contributed by atoms with Crippen molar-refractivity contribution in [3.63, 3.8) is 0 Å². The number of carbonyl (C=O) groups is 1. The van der Waals surface area contributed by atoms with Gasteiger partial charge in [-0.25, -0.2) is 10.4 Å². The van der Waals surface area contributed by atoms with Gasteiger partial charge in [0.15, 0.2) is 0 Å². The van der Waals surface area contributed by atoms with E-state index in [0.29, 0.717) is 22.9 Å². The van der Waals surface area contributed by atoms with Crippen LogP contribution in [-0.4, -0.2) is 39.6 Å². The minimum absolute atomic E-state index is 0.0222. The van der Waals surface area contributed by atoms with E-state index in [2.05, 4.69) is 20.5 Å². The molecule has 138 valence electrons. The Morgan fingerprint density at radius 3 is 2.85 bits per heavy atom. The van der Waals surface area contributed by atoms with Crippen LogP contribution < -0.4 is 15.7 Å². The zero-order valence-corrected chi connectivity index (χ0v) is 15.5. The van der Waals surface area contributed by atoms with Crippen molar-refractivity contribution in [3.05, 3.63) is 51.4 Å². The first kappa shape index (κ1) is 19.5. The monoisotopic (exact) mass is 376 g/mol. The van der Waals surface area contributed by atoms with Gasteiger partial charge in [-0.1, -0.05) is 0 Å². The van der Waals surface area contributed by atoms with Crippen LogP contribution in [0.4, 0.5) is 5.95 Å². The topological polar surface area (TPSA) is 117 Å². The summed E-state index contributed by atoms with van der Waals surface area (Å²) in [5.74, 6) is 0.634. The van der Waals surface area contributed by atoms with E-state index in [0.717, 1.165) is 11.1 Å². The number of aliphatic carboxylic acids is 1. The summed E-state index contributed by atoms with van der Waals surface area (Å²) in [6, 6.07) is 6.97. The van der Waals surface area contributed by atoms with E-state index in [-0.39, 0.29) is 17.3 Å². The van der Waals surface area contributed by atoms with Gasteiger partial charge in [0.25, 0.3) is 5.56 Å². The normalized spacial score (nSPS) is 11.3. The molecule has 9 heteroatoms. The molecule has 0 bridgehead atoms. The first-order valence-corrected chi connectivity index (χ1v) is 8.89. The average molecular weight is 376 g/mol. The van der Waals surface area contributed by atoms with Gasteiger partial charge in [0, 0.05) is 23.1 Å². The minimum Gasteiger partial charge on any atom is -0.496 e. The van der Waals surface area contributed by atoms with Crippen LogP contribution in [0, 0.1) is 6.92 Å². The quantitative estimate of drug-likeness (QED) is 0.478. The van der Waals surface area contributed by atoms with Crippen molar-refractivity contribution in [2.45, 2.75) is 19.6 Å². The number of carboxylic acids is 1. The number of H-pyrrole nitrogens is 1. The number of thioether (sulfide) groups is 1. The Morgan fingerprint density at radius 2 is 2.19 bits per heavy atom. The Kier molecular flexibility index (Phi) is 6.79. The molecule has 3 N–H and O–H groups in total. The zero-order chi connectivity index (χ0) is 19.1. The number of aromatic nitrogens is 2. The van der Waals surface area contributed by atoms with Crippen LogP contribution in [0.15, 0.2) is 34.2 Å². The Labute approximate surface area is 154 Å². The number of carboxylic acid groups (broad SMARTS) is 1. The highest BCUT2D eigenvalue weighted by Gasteiger charge is 2.08. The predicted octanol–water partition coefficient (Wildman–Crippen LogP) is 2.24. The van der Waals surface area contributed by atoms with E-state index < -0.39 is 5.97 Å². The second kappa shape index (κ2) is 9.04. The largest absolute Gasteiger partial charge is 0.496 e. The average Bonchev–Trinajstić information content (AvgIpc) is 2.58. The highest BCUT2D eigenvalue weighted by molar-refractivity contribution is 7.99. The number of nitrogens with zero attached hydrogens (tertiary/aromatic N) is 2. The first-order valence-electron chi connectivity index (χ1n) is 7.74. The van der Waals surface area contributed by atoms with Crippen LogP contribution >= 0.6 is 11.8 Å². The summed E-state index contributed by atoms with van der Waals surface area (Å²) in [4.78, 5) is 28.8. The number of benzene rings is 1. The second-order valence-corrected chi connectivity index (χ2v) is 6.44. The van der Waals surface area contributed by atoms with Crippen LogP contribution in [0.25, 0.3) is 0 Å². The molecule has 1 heterocycles. The maximum Gasteiger partial charge on any atom is 0.313 e. The summed E-state index contributed by atoms with van der Waals surface area (Å²) < 4.78 is 5.33. The van der Waals surface area contributed by atoms with Crippen molar-refractivity contribution < 1.29 is 14.6 Å². The fourth-order valence-corrected chi connectivity index (χ4v) is 2.92. The van der Waals surface area contributed by atoms with Crippen LogP contribution in [0.2, 0.25) is 0 Å². The highest BCUT2D eigenvalue weighted by Crippen LogP contribution is 2.25. The lowest BCUT2D eigenvalue weighted by Gasteiger charge is -2.10. The summed E-state index contributed by atoms with van der Waals surface area (Å²) in [5, 5.41) is 13.0. The highest BCUT2D eigenvalue weighted by atomic mass is 32.2. The third-order valence-electron chi connectivity index (χ3n) is 3.38. The lowest BCUT2D eigenvalue weighted by atomic mass is 10.1. The number of hydrogen-bond donors (Lipinski definition) is 3. The lowest BCUT2D eigenvalue weighted by molar-refractivity contribution is -0.133. The Morgan fingerprint density at radius 1 is 1.42 bits per heavy atom. The summed E-state index contributed by atoms with van der Waals surface area (Å²) >= 11 is 1.29. The van der Waals surface area contributed by atoms with E-state index in [1.807, 2.05) is 25.1 Å². The van der Waals surface area contributed by atoms with Crippen molar-refractivity contribution in [1.82, 2.24) is 9.97 Å². The molecule has 0 unspecified atom stereocenters. The second-order valence-electron chi connectivity index (χ2n) is 5.46. The molecule has 0 aliphatic rings. The minimum atomic E-state index is -0.855. The van der Waals surface area contributed by atoms with Crippen LogP contribution in [0.1, 0.15) is 23.7 Å². The molecule has 0 saturated carbocycles. The SMILES string of the molecule is COc1ccc(/C(C)=N\Nc2nc(C)cc(=O)[nH]2)cc1CSCC(=O)O. The summed E-state index contributed by atoms with van der Waals surface area (Å²) in [5.41, 5.74) is 5.48. The van der Waals surface area contributed by atoms with E-state index in [1.54, 1.807) is 14.0 Å². The molecule has 1 aromatic carbocycles. The molecule has 0 aliphatic heterocycles. The van der Waals surface area contributed by atoms with Gasteiger partial charge in [0.1, 0.15) is 5.75 Å². The van der Waals surface area contributed by atoms with Crippen molar-refractivity contribution in [1.29, 1.82) is 0 Å². The molecule has 2 aromatic rings. The van der Waals surface area contributed by atoms with Gasteiger partial charge in [0.05, 0.1) is 18.6 Å². The third kappa shape index (κ3) is 5.62. The van der Waals surface area contributed by atoms with Crippen molar-refractivity contribution in [2.24, 2.45) is 5.10 Å². The number of aryl methyl sites for hydroxylation is 1. The van der Waals surface area contributed by atoms with E-state index >= 15 is 0 Å². The number of hydrazone groups is 1. The third-order valence-corrected chi connectivity index (χ3v) is 4.35.